The van der Waals surface area contributed by atoms with Crippen molar-refractivity contribution in [3.8, 4) is 0 Å². The molecule has 2 N–H and O–H groups in total. The summed E-state index contributed by atoms with van der Waals surface area (Å²) in [4.78, 5) is 17.7. The van der Waals surface area contributed by atoms with Gasteiger partial charge in [0.15, 0.2) is 0 Å². The lowest BCUT2D eigenvalue weighted by atomic mass is 10.2. The van der Waals surface area contributed by atoms with Crippen molar-refractivity contribution in [3.63, 3.8) is 0 Å². The molecule has 98 valence electrons. The highest BCUT2D eigenvalue weighted by molar-refractivity contribution is 9.10. The van der Waals surface area contributed by atoms with E-state index in [1.165, 1.54) is 12.8 Å². The number of hydrogen-bond acceptors (Lipinski definition) is 3. The zero-order chi connectivity index (χ0) is 13.0. The number of rotatable bonds is 5. The molecule has 2 rings (SSSR count). The van der Waals surface area contributed by atoms with Gasteiger partial charge in [0, 0.05) is 23.3 Å². The van der Waals surface area contributed by atoms with Crippen LogP contribution in [0.4, 0.5) is 0 Å². The molecular weight excluding hydrogens is 294 g/mol. The van der Waals surface area contributed by atoms with Gasteiger partial charge in [-0.25, -0.2) is 0 Å². The van der Waals surface area contributed by atoms with Gasteiger partial charge in [-0.3, -0.25) is 14.7 Å². The minimum atomic E-state index is -0.265. The molecule has 1 amide bonds. The first kappa shape index (κ1) is 13.5. The molecule has 1 fully saturated rings. The highest BCUT2D eigenvalue weighted by atomic mass is 79.9. The summed E-state index contributed by atoms with van der Waals surface area (Å²) in [5.41, 5.74) is 6.31. The smallest absolute Gasteiger partial charge is 0.231 e. The molecule has 0 spiro atoms. The molecule has 0 aromatic carbocycles. The van der Waals surface area contributed by atoms with Gasteiger partial charge >= 0.3 is 0 Å². The molecule has 1 saturated carbocycles. The van der Waals surface area contributed by atoms with Gasteiger partial charge in [0.25, 0.3) is 0 Å². The summed E-state index contributed by atoms with van der Waals surface area (Å²) in [6, 6.07) is 4.43. The van der Waals surface area contributed by atoms with E-state index in [0.717, 1.165) is 23.0 Å². The van der Waals surface area contributed by atoms with Crippen LogP contribution in [0.25, 0.3) is 0 Å². The van der Waals surface area contributed by atoms with Crippen molar-refractivity contribution in [2.45, 2.75) is 38.3 Å². The van der Waals surface area contributed by atoms with Crippen LogP contribution >= 0.6 is 15.9 Å². The van der Waals surface area contributed by atoms with Crippen molar-refractivity contribution in [2.75, 3.05) is 6.54 Å². The number of primary amides is 1. The maximum absolute atomic E-state index is 11.2. The van der Waals surface area contributed by atoms with Gasteiger partial charge in [0.05, 0.1) is 12.2 Å². The summed E-state index contributed by atoms with van der Waals surface area (Å²) >= 11 is 3.37. The van der Waals surface area contributed by atoms with Crippen LogP contribution in [0.3, 0.4) is 0 Å². The second kappa shape index (κ2) is 6.29. The normalized spacial score (nSPS) is 16.3. The maximum atomic E-state index is 11.2. The van der Waals surface area contributed by atoms with E-state index in [4.69, 9.17) is 5.73 Å². The Labute approximate surface area is 116 Å². The van der Waals surface area contributed by atoms with E-state index in [1.807, 2.05) is 12.1 Å². The van der Waals surface area contributed by atoms with E-state index in [1.54, 1.807) is 6.20 Å². The summed E-state index contributed by atoms with van der Waals surface area (Å²) in [6.07, 6.45) is 6.58. The van der Waals surface area contributed by atoms with E-state index < -0.39 is 0 Å². The number of amides is 1. The molecule has 1 aromatic rings. The standard InChI is InChI=1S/C13H18BrN3O/c14-10-5-6-11(16-7-10)8-17(9-13(15)18)12-3-1-2-4-12/h5-7,12H,1-4,8-9H2,(H2,15,18). The van der Waals surface area contributed by atoms with Gasteiger partial charge in [0.2, 0.25) is 5.91 Å². The molecule has 4 nitrogen and oxygen atoms in total. The van der Waals surface area contributed by atoms with Crippen molar-refractivity contribution in [3.05, 3.63) is 28.5 Å². The highest BCUT2D eigenvalue weighted by Gasteiger charge is 2.24. The fraction of sp³-hybridized carbons (Fsp3) is 0.538. The quantitative estimate of drug-likeness (QED) is 0.905. The number of aromatic nitrogens is 1. The molecule has 0 saturated heterocycles. The van der Waals surface area contributed by atoms with Gasteiger partial charge in [0.1, 0.15) is 0 Å². The highest BCUT2D eigenvalue weighted by Crippen LogP contribution is 2.24. The second-order valence-electron chi connectivity index (χ2n) is 4.78. The first-order valence-electron chi connectivity index (χ1n) is 6.28. The van der Waals surface area contributed by atoms with Crippen LogP contribution in [0.2, 0.25) is 0 Å². The zero-order valence-corrected chi connectivity index (χ0v) is 11.9. The minimum Gasteiger partial charge on any atom is -0.369 e. The van der Waals surface area contributed by atoms with E-state index in [-0.39, 0.29) is 5.91 Å². The second-order valence-corrected chi connectivity index (χ2v) is 5.69. The van der Waals surface area contributed by atoms with Crippen molar-refractivity contribution < 1.29 is 4.79 Å². The van der Waals surface area contributed by atoms with Gasteiger partial charge in [-0.05, 0) is 40.9 Å². The summed E-state index contributed by atoms with van der Waals surface area (Å²) in [6.45, 7) is 1.02. The Bertz CT molecular complexity index is 401. The van der Waals surface area contributed by atoms with Gasteiger partial charge in [-0.2, -0.15) is 0 Å². The fourth-order valence-electron chi connectivity index (χ4n) is 2.49. The maximum Gasteiger partial charge on any atom is 0.231 e. The van der Waals surface area contributed by atoms with Crippen LogP contribution in [0.1, 0.15) is 31.4 Å². The predicted molar refractivity (Wildman–Crippen MR) is 73.8 cm³/mol. The average Bonchev–Trinajstić information content (AvgIpc) is 2.84. The third-order valence-electron chi connectivity index (χ3n) is 3.35. The third kappa shape index (κ3) is 3.78. The van der Waals surface area contributed by atoms with Gasteiger partial charge < -0.3 is 5.73 Å². The number of nitrogens with two attached hydrogens (primary N) is 1. The summed E-state index contributed by atoms with van der Waals surface area (Å²) < 4.78 is 0.966. The fourth-order valence-corrected chi connectivity index (χ4v) is 2.73. The lowest BCUT2D eigenvalue weighted by Crippen LogP contribution is -2.39. The van der Waals surface area contributed by atoms with Crippen molar-refractivity contribution >= 4 is 21.8 Å². The Hall–Kier alpha value is -0.940. The molecule has 0 unspecified atom stereocenters. The first-order valence-corrected chi connectivity index (χ1v) is 7.07. The molecule has 0 aliphatic heterocycles. The van der Waals surface area contributed by atoms with Crippen LogP contribution in [0, 0.1) is 0 Å². The van der Waals surface area contributed by atoms with Crippen LogP contribution in [-0.4, -0.2) is 28.4 Å². The molecule has 5 heteroatoms. The molecular formula is C13H18BrN3O. The van der Waals surface area contributed by atoms with E-state index in [9.17, 15) is 4.79 Å². The molecule has 0 atom stereocenters. The molecule has 1 aliphatic carbocycles. The van der Waals surface area contributed by atoms with Crippen LogP contribution in [0.15, 0.2) is 22.8 Å². The molecule has 1 heterocycles. The van der Waals surface area contributed by atoms with Crippen LogP contribution < -0.4 is 5.73 Å². The average molecular weight is 312 g/mol. The van der Waals surface area contributed by atoms with Crippen LogP contribution in [0.5, 0.6) is 0 Å². The van der Waals surface area contributed by atoms with Crippen molar-refractivity contribution in [1.29, 1.82) is 0 Å². The number of halogens is 1. The lowest BCUT2D eigenvalue weighted by molar-refractivity contribution is -0.119. The summed E-state index contributed by atoms with van der Waals surface area (Å²) in [5.74, 6) is -0.265. The Balaban J connectivity index is 2.03. The zero-order valence-electron chi connectivity index (χ0n) is 10.3. The number of carbonyl (C=O) groups is 1. The Morgan fingerprint density at radius 1 is 1.44 bits per heavy atom. The first-order chi connectivity index (χ1) is 8.65. The minimum absolute atomic E-state index is 0.265. The molecule has 1 aromatic heterocycles. The number of hydrogen-bond donors (Lipinski definition) is 1. The number of nitrogens with zero attached hydrogens (tertiary/aromatic N) is 2. The Morgan fingerprint density at radius 2 is 2.17 bits per heavy atom. The Morgan fingerprint density at radius 3 is 2.72 bits per heavy atom. The van der Waals surface area contributed by atoms with Crippen molar-refractivity contribution in [2.24, 2.45) is 5.73 Å². The summed E-state index contributed by atoms with van der Waals surface area (Å²) in [5, 5.41) is 0. The monoisotopic (exact) mass is 311 g/mol. The van der Waals surface area contributed by atoms with Gasteiger partial charge in [-0.15, -0.1) is 0 Å². The number of pyridine rings is 1. The molecule has 0 bridgehead atoms. The summed E-state index contributed by atoms with van der Waals surface area (Å²) in [7, 11) is 0. The largest absolute Gasteiger partial charge is 0.369 e. The SMILES string of the molecule is NC(=O)CN(Cc1ccc(Br)cn1)C1CCCC1. The predicted octanol–water partition coefficient (Wildman–Crippen LogP) is 2.07. The van der Waals surface area contributed by atoms with E-state index in [2.05, 4.69) is 25.8 Å². The topological polar surface area (TPSA) is 59.2 Å². The Kier molecular flexibility index (Phi) is 4.72. The molecule has 1 aliphatic rings. The lowest BCUT2D eigenvalue weighted by Gasteiger charge is -2.27. The molecule has 0 radical (unpaired) electrons. The van der Waals surface area contributed by atoms with Crippen molar-refractivity contribution in [1.82, 2.24) is 9.88 Å². The number of carbonyl (C=O) groups excluding carboxylic acids is 1. The van der Waals surface area contributed by atoms with E-state index >= 15 is 0 Å². The third-order valence-corrected chi connectivity index (χ3v) is 3.82. The van der Waals surface area contributed by atoms with Gasteiger partial charge in [-0.1, -0.05) is 12.8 Å². The van der Waals surface area contributed by atoms with Crippen LogP contribution in [-0.2, 0) is 11.3 Å². The van der Waals surface area contributed by atoms with E-state index in [0.29, 0.717) is 19.1 Å². The molecule has 18 heavy (non-hydrogen) atoms.